The van der Waals surface area contributed by atoms with Crippen LogP contribution in [0, 0.1) is 21.4 Å². The quantitative estimate of drug-likeness (QED) is 0.0514. The number of aliphatic hydroxyl groups is 10. The van der Waals surface area contributed by atoms with E-state index in [-0.39, 0.29) is 81.2 Å². The Bertz CT molecular complexity index is 1990. The van der Waals surface area contributed by atoms with Gasteiger partial charge in [0.2, 0.25) is 11.8 Å². The number of ether oxygens (including phenoxy) is 1. The van der Waals surface area contributed by atoms with Crippen molar-refractivity contribution in [1.29, 1.82) is 0 Å². The maximum atomic E-state index is 14.0. The topological polar surface area (TPSA) is 333 Å². The van der Waals surface area contributed by atoms with E-state index in [1.165, 1.54) is 42.0 Å². The average molecular weight is 1680 g/mol. The average Bonchev–Trinajstić information content (AvgIpc) is 3.29. The lowest BCUT2D eigenvalue weighted by Crippen LogP contribution is -2.43. The number of carbonyl (C=O) groups excluding carboxylic acids is 6. The highest BCUT2D eigenvalue weighted by molar-refractivity contribution is 14.1. The third-order valence-electron chi connectivity index (χ3n) is 10.3. The molecule has 0 aromatic heterocycles. The summed E-state index contributed by atoms with van der Waals surface area (Å²) in [5.74, 6) is -4.01. The van der Waals surface area contributed by atoms with Gasteiger partial charge in [-0.15, -0.1) is 0 Å². The van der Waals surface area contributed by atoms with Gasteiger partial charge in [0.25, 0.3) is 23.6 Å². The number of hydrogen-bond donors (Lipinski definition) is 10. The minimum Gasteiger partial charge on any atom is -0.394 e. The maximum Gasteiger partial charge on any atom is 0.255 e. The van der Waals surface area contributed by atoms with E-state index in [1.807, 2.05) is 136 Å². The lowest BCUT2D eigenvalue weighted by Gasteiger charge is -2.31. The highest BCUT2D eigenvalue weighted by Crippen LogP contribution is 2.41. The van der Waals surface area contributed by atoms with E-state index < -0.39 is 125 Å². The van der Waals surface area contributed by atoms with Crippen LogP contribution in [0.3, 0.4) is 0 Å². The molecule has 2 rings (SSSR count). The molecule has 0 saturated heterocycles. The van der Waals surface area contributed by atoms with Crippen LogP contribution in [0.4, 0.5) is 11.4 Å². The Morgan fingerprint density at radius 2 is 0.606 bits per heavy atom. The van der Waals surface area contributed by atoms with Gasteiger partial charge in [0.1, 0.15) is 0 Å². The zero-order valence-corrected chi connectivity index (χ0v) is 52.2. The Kier molecular flexibility index (Phi) is 28.8. The van der Waals surface area contributed by atoms with Crippen LogP contribution in [-0.4, -0.2) is 250 Å². The molecule has 0 fully saturated rings. The van der Waals surface area contributed by atoms with Crippen molar-refractivity contribution in [3.05, 3.63) is 43.7 Å². The highest BCUT2D eigenvalue weighted by Gasteiger charge is 2.37. The Morgan fingerprint density at radius 1 is 0.394 bits per heavy atom. The molecule has 0 spiro atoms. The van der Waals surface area contributed by atoms with Gasteiger partial charge in [-0.2, -0.15) is 0 Å². The van der Waals surface area contributed by atoms with Gasteiger partial charge < -0.3 is 85.2 Å². The first kappa shape index (κ1) is 66.3. The number of rotatable bonds is 26. The first-order chi connectivity index (χ1) is 33.0. The van der Waals surface area contributed by atoms with E-state index >= 15 is 0 Å². The molecular formula is C42H58I6N6O17. The number of carbonyl (C=O) groups is 6. The number of aliphatic hydroxyl groups excluding tert-OH is 10. The van der Waals surface area contributed by atoms with E-state index in [4.69, 9.17) is 4.74 Å². The number of halogens is 6. The van der Waals surface area contributed by atoms with E-state index in [0.717, 1.165) is 29.4 Å². The summed E-state index contributed by atoms with van der Waals surface area (Å²) in [7, 11) is 5.46. The molecule has 0 heterocycles. The van der Waals surface area contributed by atoms with Gasteiger partial charge in [0.05, 0.1) is 137 Å². The second-order valence-electron chi connectivity index (χ2n) is 16.3. The zero-order chi connectivity index (χ0) is 54.5. The molecule has 0 aliphatic heterocycles. The molecule has 10 N–H and O–H groups in total. The molecule has 6 amide bonds. The van der Waals surface area contributed by atoms with Crippen molar-refractivity contribution in [3.63, 3.8) is 0 Å². The molecule has 6 unspecified atom stereocenters. The summed E-state index contributed by atoms with van der Waals surface area (Å²) in [5.41, 5.74) is -0.0800. The van der Waals surface area contributed by atoms with Crippen LogP contribution in [0.15, 0.2) is 0 Å². The van der Waals surface area contributed by atoms with Crippen LogP contribution in [-0.2, 0) is 14.3 Å². The van der Waals surface area contributed by atoms with E-state index in [1.54, 1.807) is 0 Å². The molecule has 0 aliphatic carbocycles. The summed E-state index contributed by atoms with van der Waals surface area (Å²) < 4.78 is 6.75. The van der Waals surface area contributed by atoms with Crippen molar-refractivity contribution in [2.45, 2.75) is 50.5 Å². The van der Waals surface area contributed by atoms with Gasteiger partial charge in [0.15, 0.2) is 0 Å². The lowest BCUT2D eigenvalue weighted by atomic mass is 10.0. The molecule has 29 heteroatoms. The largest absolute Gasteiger partial charge is 0.394 e. The number of likely N-dealkylation sites (N-methyl/N-ethyl adjacent to an activating group) is 4. The molecular weight excluding hydrogens is 1620 g/mol. The summed E-state index contributed by atoms with van der Waals surface area (Å²) in [6, 6.07) is 0. The Labute approximate surface area is 492 Å². The maximum absolute atomic E-state index is 14.0. The van der Waals surface area contributed by atoms with Crippen molar-refractivity contribution >= 4 is 182 Å². The fourth-order valence-corrected chi connectivity index (χ4v) is 16.1. The molecule has 0 bridgehead atoms. The standard InChI is InChI=1S/C42H58I6N6O17/c1-19(59)53(37-33(45)27(39(67)49(3)7-21(61)13-55)31(43)28(34(37)46)40(68)50(4)8-22(62)14-56)11-25(65)17-71-18-26(66)12-54(20(2)60)38-35(47)29(41(69)51(5)9-23(63)15-57)32(44)30(36(38)48)42(70)52(6)10-24(64)16-58/h21-26,55-58,61-66H,7-18H2,1-6H3. The van der Waals surface area contributed by atoms with E-state index in [0.29, 0.717) is 0 Å². The first-order valence-corrected chi connectivity index (χ1v) is 27.6. The lowest BCUT2D eigenvalue weighted by molar-refractivity contribution is -0.117. The molecule has 6 atom stereocenters. The monoisotopic (exact) mass is 1680 g/mol. The second-order valence-corrected chi connectivity index (χ2v) is 22.7. The Hall–Kier alpha value is -0.800. The number of nitrogens with zero attached hydrogens (tertiary/aromatic N) is 6. The van der Waals surface area contributed by atoms with Gasteiger partial charge >= 0.3 is 0 Å². The first-order valence-electron chi connectivity index (χ1n) is 21.1. The number of anilines is 2. The van der Waals surface area contributed by atoms with Crippen molar-refractivity contribution in [1.82, 2.24) is 19.6 Å². The summed E-state index contributed by atoms with van der Waals surface area (Å²) in [6.07, 6.45) is -8.17. The van der Waals surface area contributed by atoms with Crippen molar-refractivity contribution in [2.24, 2.45) is 0 Å². The molecule has 0 saturated carbocycles. The van der Waals surface area contributed by atoms with Gasteiger partial charge in [0, 0.05) is 75.4 Å². The molecule has 23 nitrogen and oxygen atoms in total. The van der Waals surface area contributed by atoms with Crippen LogP contribution in [0.25, 0.3) is 0 Å². The molecule has 0 aliphatic rings. The van der Waals surface area contributed by atoms with Crippen LogP contribution in [0.5, 0.6) is 0 Å². The van der Waals surface area contributed by atoms with Crippen LogP contribution in [0.1, 0.15) is 55.3 Å². The minimum atomic E-state index is -1.48. The smallest absolute Gasteiger partial charge is 0.255 e. The van der Waals surface area contributed by atoms with Crippen LogP contribution >= 0.6 is 136 Å². The number of benzene rings is 2. The molecule has 71 heavy (non-hydrogen) atoms. The summed E-state index contributed by atoms with van der Waals surface area (Å²) in [4.78, 5) is 89.8. The third-order valence-corrected chi connectivity index (χ3v) is 16.7. The van der Waals surface area contributed by atoms with Crippen LogP contribution < -0.4 is 9.80 Å². The molecule has 2 aromatic rings. The molecule has 2 aromatic carbocycles. The predicted octanol–water partition coefficient (Wildman–Crippen LogP) is -0.841. The van der Waals surface area contributed by atoms with Gasteiger partial charge in [-0.1, -0.05) is 0 Å². The van der Waals surface area contributed by atoms with Gasteiger partial charge in [-0.3, -0.25) is 28.8 Å². The molecule has 400 valence electrons. The van der Waals surface area contributed by atoms with Crippen molar-refractivity contribution in [3.8, 4) is 0 Å². The van der Waals surface area contributed by atoms with Gasteiger partial charge in [-0.05, 0) is 136 Å². The SMILES string of the molecule is CC(=O)N(CC(O)COCC(O)CN(C(C)=O)c1c(I)c(C(=O)N(C)CC(O)CO)c(I)c(C(=O)N(C)CC(O)CO)c1I)c1c(I)c(C(=O)N(C)CC(O)CO)c(I)c(C(=O)N(C)CC(O)CO)c1I. The van der Waals surface area contributed by atoms with Crippen molar-refractivity contribution in [2.75, 3.05) is 117 Å². The fourth-order valence-electron chi connectivity index (χ4n) is 6.74. The number of hydrogen-bond acceptors (Lipinski definition) is 17. The second kappa shape index (κ2) is 30.8. The van der Waals surface area contributed by atoms with E-state index in [9.17, 15) is 79.8 Å². The summed E-state index contributed by atoms with van der Waals surface area (Å²) in [5, 5.41) is 101. The summed E-state index contributed by atoms with van der Waals surface area (Å²) in [6.45, 7) is -3.38. The van der Waals surface area contributed by atoms with E-state index in [2.05, 4.69) is 0 Å². The van der Waals surface area contributed by atoms with Gasteiger partial charge in [-0.25, -0.2) is 0 Å². The van der Waals surface area contributed by atoms with Crippen molar-refractivity contribution < 1.29 is 84.6 Å². The third kappa shape index (κ3) is 17.6. The zero-order valence-electron chi connectivity index (χ0n) is 39.2. The summed E-state index contributed by atoms with van der Waals surface area (Å²) >= 11 is 11.0. The Balaban J connectivity index is 2.61. The van der Waals surface area contributed by atoms with Crippen LogP contribution in [0.2, 0.25) is 0 Å². The highest BCUT2D eigenvalue weighted by atomic mass is 127. The molecule has 0 radical (unpaired) electrons. The predicted molar refractivity (Wildman–Crippen MR) is 308 cm³/mol. The number of amides is 6. The fraction of sp³-hybridized carbons (Fsp3) is 0.571. The normalized spacial score (nSPS) is 13.9. The minimum absolute atomic E-state index is 0.0469. The Morgan fingerprint density at radius 3 is 0.789 bits per heavy atom.